The summed E-state index contributed by atoms with van der Waals surface area (Å²) in [6.07, 6.45) is 1.28. The second-order valence-corrected chi connectivity index (χ2v) is 6.17. The van der Waals surface area contributed by atoms with E-state index in [2.05, 4.69) is 30.9 Å². The number of ether oxygens (including phenoxy) is 2. The van der Waals surface area contributed by atoms with E-state index in [0.29, 0.717) is 24.7 Å². The van der Waals surface area contributed by atoms with Crippen LogP contribution in [-0.2, 0) is 9.47 Å². The molecule has 4 heteroatoms. The van der Waals surface area contributed by atoms with Gasteiger partial charge in [0.1, 0.15) is 0 Å². The Kier molecular flexibility index (Phi) is 6.73. The summed E-state index contributed by atoms with van der Waals surface area (Å²) in [4.78, 5) is 0. The summed E-state index contributed by atoms with van der Waals surface area (Å²) in [5.74, 6) is 2.52. The monoisotopic (exact) mass is 247 g/mol. The zero-order chi connectivity index (χ0) is 11.9. The molecule has 1 rings (SSSR count). The predicted molar refractivity (Wildman–Crippen MR) is 70.2 cm³/mol. The van der Waals surface area contributed by atoms with E-state index in [0.717, 1.165) is 13.2 Å². The second kappa shape index (κ2) is 7.54. The molecule has 16 heavy (non-hydrogen) atoms. The fraction of sp³-hybridized carbons (Fsp3) is 1.00. The second-order valence-electron chi connectivity index (χ2n) is 5.14. The van der Waals surface area contributed by atoms with Crippen molar-refractivity contribution in [3.05, 3.63) is 0 Å². The van der Waals surface area contributed by atoms with Gasteiger partial charge in [-0.2, -0.15) is 11.8 Å². The lowest BCUT2D eigenvalue weighted by Crippen LogP contribution is -2.41. The zero-order valence-corrected chi connectivity index (χ0v) is 11.6. The van der Waals surface area contributed by atoms with Crippen molar-refractivity contribution in [1.82, 2.24) is 5.32 Å². The first-order valence-electron chi connectivity index (χ1n) is 6.02. The third kappa shape index (κ3) is 6.09. The molecule has 1 N–H and O–H groups in total. The van der Waals surface area contributed by atoms with Crippen LogP contribution >= 0.6 is 11.8 Å². The highest BCUT2D eigenvalue weighted by molar-refractivity contribution is 7.99. The van der Waals surface area contributed by atoms with Crippen molar-refractivity contribution in [3.63, 3.8) is 0 Å². The van der Waals surface area contributed by atoms with Crippen molar-refractivity contribution in [2.75, 3.05) is 45.0 Å². The Morgan fingerprint density at radius 2 is 2.12 bits per heavy atom. The van der Waals surface area contributed by atoms with Crippen molar-refractivity contribution in [2.24, 2.45) is 5.41 Å². The van der Waals surface area contributed by atoms with Gasteiger partial charge in [0.05, 0.1) is 19.8 Å². The Morgan fingerprint density at radius 3 is 2.81 bits per heavy atom. The molecular formula is C12H25NO2S. The molecule has 0 aromatic carbocycles. The van der Waals surface area contributed by atoms with Gasteiger partial charge in [-0.05, 0) is 17.6 Å². The molecule has 96 valence electrons. The number of methoxy groups -OCH3 is 1. The Balaban J connectivity index is 2.00. The smallest absolute Gasteiger partial charge is 0.0700 e. The van der Waals surface area contributed by atoms with Gasteiger partial charge in [-0.3, -0.25) is 0 Å². The van der Waals surface area contributed by atoms with Crippen LogP contribution in [-0.4, -0.2) is 51.0 Å². The molecule has 1 aliphatic heterocycles. The number of hydrogen-bond acceptors (Lipinski definition) is 4. The van der Waals surface area contributed by atoms with Gasteiger partial charge in [0.25, 0.3) is 0 Å². The van der Waals surface area contributed by atoms with Gasteiger partial charge in [0, 0.05) is 25.4 Å². The lowest BCUT2D eigenvalue weighted by Gasteiger charge is -2.35. The molecule has 1 aliphatic rings. The Morgan fingerprint density at radius 1 is 1.31 bits per heavy atom. The SMILES string of the molecule is COCCOCCNC1CSCC(C)(C)C1. The van der Waals surface area contributed by atoms with Gasteiger partial charge in [0.2, 0.25) is 0 Å². The Labute approximate surface area is 104 Å². The lowest BCUT2D eigenvalue weighted by molar-refractivity contribution is 0.0707. The normalized spacial score (nSPS) is 24.6. The minimum atomic E-state index is 0.484. The van der Waals surface area contributed by atoms with Crippen LogP contribution < -0.4 is 5.32 Å². The molecule has 0 saturated carbocycles. The number of nitrogens with one attached hydrogen (secondary N) is 1. The van der Waals surface area contributed by atoms with Crippen LogP contribution in [0.3, 0.4) is 0 Å². The molecule has 1 atom stereocenters. The van der Waals surface area contributed by atoms with E-state index in [1.807, 2.05) is 0 Å². The molecule has 1 saturated heterocycles. The van der Waals surface area contributed by atoms with E-state index in [-0.39, 0.29) is 0 Å². The van der Waals surface area contributed by atoms with Gasteiger partial charge < -0.3 is 14.8 Å². The van der Waals surface area contributed by atoms with Crippen molar-refractivity contribution >= 4 is 11.8 Å². The van der Waals surface area contributed by atoms with Crippen LogP contribution in [0, 0.1) is 5.41 Å². The average Bonchev–Trinajstić information content (AvgIpc) is 2.22. The van der Waals surface area contributed by atoms with E-state index in [1.165, 1.54) is 17.9 Å². The molecule has 3 nitrogen and oxygen atoms in total. The van der Waals surface area contributed by atoms with Crippen LogP contribution in [0.2, 0.25) is 0 Å². The molecule has 0 aromatic heterocycles. The zero-order valence-electron chi connectivity index (χ0n) is 10.8. The van der Waals surface area contributed by atoms with E-state index in [4.69, 9.17) is 9.47 Å². The molecule has 1 heterocycles. The van der Waals surface area contributed by atoms with Crippen LogP contribution in [0.5, 0.6) is 0 Å². The molecule has 0 radical (unpaired) electrons. The standard InChI is InChI=1S/C12H25NO2S/c1-12(2)8-11(9-16-10-12)13-4-5-15-7-6-14-3/h11,13H,4-10H2,1-3H3. The van der Waals surface area contributed by atoms with Crippen molar-refractivity contribution in [1.29, 1.82) is 0 Å². The fourth-order valence-electron chi connectivity index (χ4n) is 1.97. The van der Waals surface area contributed by atoms with Crippen LogP contribution in [0.25, 0.3) is 0 Å². The first kappa shape index (κ1) is 14.3. The summed E-state index contributed by atoms with van der Waals surface area (Å²) in [5.41, 5.74) is 0.484. The molecular weight excluding hydrogens is 222 g/mol. The molecule has 0 amide bonds. The number of thioether (sulfide) groups is 1. The third-order valence-electron chi connectivity index (χ3n) is 2.72. The third-order valence-corrected chi connectivity index (χ3v) is 4.35. The highest BCUT2D eigenvalue weighted by Crippen LogP contribution is 2.33. The maximum Gasteiger partial charge on any atom is 0.0700 e. The Bertz CT molecular complexity index is 188. The highest BCUT2D eigenvalue weighted by Gasteiger charge is 2.27. The number of rotatable bonds is 7. The first-order valence-corrected chi connectivity index (χ1v) is 7.17. The molecule has 0 aliphatic carbocycles. The molecule has 0 bridgehead atoms. The van der Waals surface area contributed by atoms with E-state index in [9.17, 15) is 0 Å². The number of hydrogen-bond donors (Lipinski definition) is 1. The van der Waals surface area contributed by atoms with Crippen molar-refractivity contribution < 1.29 is 9.47 Å². The van der Waals surface area contributed by atoms with Gasteiger partial charge >= 0.3 is 0 Å². The van der Waals surface area contributed by atoms with Gasteiger partial charge in [-0.1, -0.05) is 13.8 Å². The summed E-state index contributed by atoms with van der Waals surface area (Å²) in [6, 6.07) is 0.653. The van der Waals surface area contributed by atoms with Gasteiger partial charge in [-0.15, -0.1) is 0 Å². The largest absolute Gasteiger partial charge is 0.382 e. The van der Waals surface area contributed by atoms with Gasteiger partial charge in [-0.25, -0.2) is 0 Å². The summed E-state index contributed by atoms with van der Waals surface area (Å²) in [5, 5.41) is 3.57. The summed E-state index contributed by atoms with van der Waals surface area (Å²) >= 11 is 2.06. The summed E-state index contributed by atoms with van der Waals surface area (Å²) < 4.78 is 10.3. The molecule has 0 aromatic rings. The maximum absolute atomic E-state index is 5.42. The quantitative estimate of drug-likeness (QED) is 0.695. The molecule has 1 unspecified atom stereocenters. The summed E-state index contributed by atoms with van der Waals surface area (Å²) in [6.45, 7) is 7.82. The molecule has 1 fully saturated rings. The summed E-state index contributed by atoms with van der Waals surface area (Å²) in [7, 11) is 1.70. The first-order chi connectivity index (χ1) is 7.64. The minimum absolute atomic E-state index is 0.484. The van der Waals surface area contributed by atoms with Crippen molar-refractivity contribution in [2.45, 2.75) is 26.3 Å². The van der Waals surface area contributed by atoms with Crippen LogP contribution in [0.1, 0.15) is 20.3 Å². The Hall–Kier alpha value is 0.230. The fourth-order valence-corrected chi connectivity index (χ4v) is 3.28. The predicted octanol–water partition coefficient (Wildman–Crippen LogP) is 1.77. The highest BCUT2D eigenvalue weighted by atomic mass is 32.2. The minimum Gasteiger partial charge on any atom is -0.382 e. The van der Waals surface area contributed by atoms with E-state index in [1.54, 1.807) is 7.11 Å². The molecule has 0 spiro atoms. The van der Waals surface area contributed by atoms with Crippen molar-refractivity contribution in [3.8, 4) is 0 Å². The van der Waals surface area contributed by atoms with E-state index < -0.39 is 0 Å². The van der Waals surface area contributed by atoms with Crippen LogP contribution in [0.15, 0.2) is 0 Å². The van der Waals surface area contributed by atoms with E-state index >= 15 is 0 Å². The van der Waals surface area contributed by atoms with Gasteiger partial charge in [0.15, 0.2) is 0 Å². The topological polar surface area (TPSA) is 30.5 Å². The lowest BCUT2D eigenvalue weighted by atomic mass is 9.88. The average molecular weight is 247 g/mol. The maximum atomic E-state index is 5.42. The van der Waals surface area contributed by atoms with Crippen LogP contribution in [0.4, 0.5) is 0 Å².